The molecular weight excluding hydrogens is 144 g/mol. The third-order valence-corrected chi connectivity index (χ3v) is 1.85. The Morgan fingerprint density at radius 2 is 1.45 bits per heavy atom. The zero-order valence-corrected chi connectivity index (χ0v) is 7.30. The molecule has 0 radical (unpaired) electrons. The van der Waals surface area contributed by atoms with Crippen LogP contribution in [-0.4, -0.2) is 31.1 Å². The van der Waals surface area contributed by atoms with Crippen LogP contribution in [0, 0.1) is 0 Å². The zero-order valence-electron chi connectivity index (χ0n) is 7.30. The molecule has 1 fully saturated rings. The number of hydrogen-bond donors (Lipinski definition) is 2. The van der Waals surface area contributed by atoms with Gasteiger partial charge in [-0.3, -0.25) is 0 Å². The van der Waals surface area contributed by atoms with Crippen LogP contribution in [0.25, 0.3) is 0 Å². The number of rotatable bonds is 2. The normalized spacial score (nSPS) is 36.0. The highest BCUT2D eigenvalue weighted by Gasteiger charge is 2.41. The summed E-state index contributed by atoms with van der Waals surface area (Å²) in [6, 6.07) is 0. The lowest BCUT2D eigenvalue weighted by Crippen LogP contribution is -2.63. The van der Waals surface area contributed by atoms with E-state index in [1.54, 1.807) is 0 Å². The van der Waals surface area contributed by atoms with E-state index in [2.05, 4.69) is 11.5 Å². The standard InChI is InChI=1S/C7H16N2O2/c1-7(2)10-5(3-8)6(4-9)11-7/h5-6H,3-4,8-9H2,1-2H3/p+2/t5-,6-/m1/s1. The molecule has 4 heteroatoms. The first-order chi connectivity index (χ1) is 5.09. The molecule has 0 spiro atoms. The Bertz CT molecular complexity index is 124. The summed E-state index contributed by atoms with van der Waals surface area (Å²) in [6.45, 7) is 5.35. The Labute approximate surface area is 66.8 Å². The average Bonchev–Trinajstić information content (AvgIpc) is 2.25. The van der Waals surface area contributed by atoms with Crippen LogP contribution in [0.2, 0.25) is 0 Å². The zero-order chi connectivity index (χ0) is 8.48. The van der Waals surface area contributed by atoms with Gasteiger partial charge < -0.3 is 20.9 Å². The van der Waals surface area contributed by atoms with Crippen molar-refractivity contribution in [3.8, 4) is 0 Å². The first-order valence-electron chi connectivity index (χ1n) is 4.03. The topological polar surface area (TPSA) is 73.7 Å². The summed E-state index contributed by atoms with van der Waals surface area (Å²) in [5, 5.41) is 0. The molecule has 1 aliphatic heterocycles. The van der Waals surface area contributed by atoms with E-state index in [9.17, 15) is 0 Å². The van der Waals surface area contributed by atoms with Crippen molar-refractivity contribution in [2.75, 3.05) is 13.1 Å². The third-order valence-electron chi connectivity index (χ3n) is 1.85. The van der Waals surface area contributed by atoms with Crippen LogP contribution < -0.4 is 11.5 Å². The molecule has 1 saturated heterocycles. The SMILES string of the molecule is CC1(C)O[C@H](C[NH3+])[C@@H](C[NH3+])O1. The highest BCUT2D eigenvalue weighted by Crippen LogP contribution is 2.26. The smallest absolute Gasteiger partial charge is 0.164 e. The fraction of sp³-hybridized carbons (Fsp3) is 1.00. The summed E-state index contributed by atoms with van der Waals surface area (Å²) in [5.41, 5.74) is 7.60. The second-order valence-electron chi connectivity index (χ2n) is 3.29. The number of hydrogen-bond acceptors (Lipinski definition) is 2. The minimum absolute atomic E-state index is 0.127. The van der Waals surface area contributed by atoms with Gasteiger partial charge in [-0.25, -0.2) is 0 Å². The summed E-state index contributed by atoms with van der Waals surface area (Å²) in [5.74, 6) is -0.440. The van der Waals surface area contributed by atoms with Gasteiger partial charge in [-0.05, 0) is 13.8 Å². The third kappa shape index (κ3) is 1.90. The van der Waals surface area contributed by atoms with E-state index in [1.807, 2.05) is 13.8 Å². The summed E-state index contributed by atoms with van der Waals surface area (Å²) < 4.78 is 11.2. The Morgan fingerprint density at radius 3 is 1.73 bits per heavy atom. The van der Waals surface area contributed by atoms with Gasteiger partial charge in [0.2, 0.25) is 0 Å². The van der Waals surface area contributed by atoms with E-state index in [-0.39, 0.29) is 12.2 Å². The van der Waals surface area contributed by atoms with Crippen molar-refractivity contribution in [1.29, 1.82) is 0 Å². The largest absolute Gasteiger partial charge is 0.355 e. The molecule has 0 unspecified atom stereocenters. The van der Waals surface area contributed by atoms with Gasteiger partial charge in [-0.2, -0.15) is 0 Å². The fourth-order valence-electron chi connectivity index (χ4n) is 1.40. The predicted octanol–water partition coefficient (Wildman–Crippen LogP) is -2.01. The van der Waals surface area contributed by atoms with Crippen LogP contribution >= 0.6 is 0 Å². The minimum atomic E-state index is -0.440. The molecule has 6 N–H and O–H groups in total. The predicted molar refractivity (Wildman–Crippen MR) is 39.3 cm³/mol. The summed E-state index contributed by atoms with van der Waals surface area (Å²) in [4.78, 5) is 0. The van der Waals surface area contributed by atoms with Crippen molar-refractivity contribution >= 4 is 0 Å². The van der Waals surface area contributed by atoms with E-state index in [0.717, 1.165) is 13.1 Å². The molecule has 1 aliphatic rings. The van der Waals surface area contributed by atoms with Gasteiger partial charge in [0, 0.05) is 0 Å². The maximum absolute atomic E-state index is 5.58. The molecule has 0 aromatic carbocycles. The molecule has 2 atom stereocenters. The van der Waals surface area contributed by atoms with Crippen molar-refractivity contribution in [3.05, 3.63) is 0 Å². The van der Waals surface area contributed by atoms with E-state index < -0.39 is 5.79 Å². The van der Waals surface area contributed by atoms with Gasteiger partial charge in [0.25, 0.3) is 0 Å². The van der Waals surface area contributed by atoms with Crippen LogP contribution in [0.4, 0.5) is 0 Å². The molecule has 11 heavy (non-hydrogen) atoms. The van der Waals surface area contributed by atoms with E-state index in [1.165, 1.54) is 0 Å². The molecule has 1 rings (SSSR count). The van der Waals surface area contributed by atoms with Crippen LogP contribution in [0.5, 0.6) is 0 Å². The molecule has 0 aliphatic carbocycles. The first kappa shape index (κ1) is 8.93. The van der Waals surface area contributed by atoms with Crippen LogP contribution in [0.1, 0.15) is 13.8 Å². The average molecular weight is 162 g/mol. The lowest BCUT2D eigenvalue weighted by atomic mass is 10.2. The van der Waals surface area contributed by atoms with Gasteiger partial charge in [0.05, 0.1) is 0 Å². The first-order valence-corrected chi connectivity index (χ1v) is 4.03. The lowest BCUT2D eigenvalue weighted by molar-refractivity contribution is -0.404. The minimum Gasteiger partial charge on any atom is -0.355 e. The molecule has 0 aromatic heterocycles. The van der Waals surface area contributed by atoms with Crippen LogP contribution in [-0.2, 0) is 9.47 Å². The summed E-state index contributed by atoms with van der Waals surface area (Å²) in [6.07, 6.45) is 0.255. The van der Waals surface area contributed by atoms with Crippen LogP contribution in [0.3, 0.4) is 0 Å². The van der Waals surface area contributed by atoms with E-state index >= 15 is 0 Å². The van der Waals surface area contributed by atoms with Crippen molar-refractivity contribution in [2.24, 2.45) is 0 Å². The van der Waals surface area contributed by atoms with Crippen molar-refractivity contribution in [1.82, 2.24) is 0 Å². The molecule has 0 saturated carbocycles. The number of quaternary nitrogens is 2. The van der Waals surface area contributed by atoms with E-state index in [4.69, 9.17) is 9.47 Å². The molecule has 0 amide bonds. The van der Waals surface area contributed by atoms with Gasteiger partial charge in [-0.15, -0.1) is 0 Å². The Morgan fingerprint density at radius 1 is 1.09 bits per heavy atom. The Balaban J connectivity index is 2.55. The summed E-state index contributed by atoms with van der Waals surface area (Å²) in [7, 11) is 0. The van der Waals surface area contributed by atoms with Gasteiger partial charge in [-0.1, -0.05) is 0 Å². The number of ether oxygens (including phenoxy) is 2. The maximum atomic E-state index is 5.58. The summed E-state index contributed by atoms with van der Waals surface area (Å²) >= 11 is 0. The second-order valence-corrected chi connectivity index (χ2v) is 3.29. The quantitative estimate of drug-likeness (QED) is 0.492. The van der Waals surface area contributed by atoms with Crippen molar-refractivity contribution in [2.45, 2.75) is 31.8 Å². The molecule has 66 valence electrons. The van der Waals surface area contributed by atoms with Crippen LogP contribution in [0.15, 0.2) is 0 Å². The van der Waals surface area contributed by atoms with E-state index in [0.29, 0.717) is 0 Å². The fourth-order valence-corrected chi connectivity index (χ4v) is 1.40. The second kappa shape index (κ2) is 3.06. The molecule has 0 aromatic rings. The van der Waals surface area contributed by atoms with Crippen molar-refractivity contribution in [3.63, 3.8) is 0 Å². The van der Waals surface area contributed by atoms with Gasteiger partial charge in [0.1, 0.15) is 25.3 Å². The maximum Gasteiger partial charge on any atom is 0.164 e. The highest BCUT2D eigenvalue weighted by molar-refractivity contribution is 4.79. The molecule has 0 bridgehead atoms. The molecule has 1 heterocycles. The monoisotopic (exact) mass is 162 g/mol. The van der Waals surface area contributed by atoms with Crippen molar-refractivity contribution < 1.29 is 20.9 Å². The van der Waals surface area contributed by atoms with Gasteiger partial charge >= 0.3 is 0 Å². The molecular formula is C7H18N2O2+2. The Hall–Kier alpha value is -0.160. The highest BCUT2D eigenvalue weighted by atomic mass is 16.8. The Kier molecular flexibility index (Phi) is 2.49. The lowest BCUT2D eigenvalue weighted by Gasteiger charge is -2.15. The molecule has 4 nitrogen and oxygen atoms in total. The van der Waals surface area contributed by atoms with Gasteiger partial charge in [0.15, 0.2) is 5.79 Å².